The summed E-state index contributed by atoms with van der Waals surface area (Å²) in [4.78, 5) is 13.0. The maximum absolute atomic E-state index is 4.06. The highest BCUT2D eigenvalue weighted by Crippen LogP contribution is 2.13. The van der Waals surface area contributed by atoms with Gasteiger partial charge >= 0.3 is 0 Å². The molecule has 88 valence electrons. The van der Waals surface area contributed by atoms with Crippen LogP contribution in [-0.4, -0.2) is 47.6 Å². The van der Waals surface area contributed by atoms with E-state index in [0.717, 1.165) is 31.9 Å². The van der Waals surface area contributed by atoms with E-state index in [-0.39, 0.29) is 0 Å². The van der Waals surface area contributed by atoms with Crippen molar-refractivity contribution in [3.63, 3.8) is 0 Å². The van der Waals surface area contributed by atoms with Gasteiger partial charge in [0.25, 0.3) is 0 Å². The maximum atomic E-state index is 4.06. The second kappa shape index (κ2) is 5.80. The van der Waals surface area contributed by atoms with Crippen LogP contribution in [0.4, 0.5) is 5.69 Å². The summed E-state index contributed by atoms with van der Waals surface area (Å²) in [7, 11) is 0. The van der Waals surface area contributed by atoms with Gasteiger partial charge < -0.3 is 4.90 Å². The third-order valence-electron chi connectivity index (χ3n) is 3.11. The fourth-order valence-electron chi connectivity index (χ4n) is 2.07. The van der Waals surface area contributed by atoms with Gasteiger partial charge in [-0.1, -0.05) is 13.3 Å². The average molecular weight is 220 g/mol. The molecule has 1 aliphatic rings. The minimum atomic E-state index is 1.09. The van der Waals surface area contributed by atoms with Crippen LogP contribution in [0, 0.1) is 0 Å². The number of piperazine rings is 1. The van der Waals surface area contributed by atoms with Crippen molar-refractivity contribution in [2.24, 2.45) is 0 Å². The molecule has 0 atom stereocenters. The number of aromatic nitrogens is 2. The average Bonchev–Trinajstić information content (AvgIpc) is 2.38. The molecule has 0 aromatic carbocycles. The Labute approximate surface area is 97.3 Å². The van der Waals surface area contributed by atoms with Crippen molar-refractivity contribution >= 4 is 5.69 Å². The first kappa shape index (κ1) is 11.3. The van der Waals surface area contributed by atoms with Crippen LogP contribution in [0.15, 0.2) is 18.7 Å². The van der Waals surface area contributed by atoms with Crippen molar-refractivity contribution in [1.82, 2.24) is 14.9 Å². The summed E-state index contributed by atoms with van der Waals surface area (Å²) in [5, 5.41) is 0. The van der Waals surface area contributed by atoms with Crippen molar-refractivity contribution in [1.29, 1.82) is 0 Å². The van der Waals surface area contributed by atoms with E-state index in [1.165, 1.54) is 19.4 Å². The van der Waals surface area contributed by atoms with E-state index in [1.54, 1.807) is 6.33 Å². The van der Waals surface area contributed by atoms with Gasteiger partial charge in [0.05, 0.1) is 18.1 Å². The first-order chi connectivity index (χ1) is 7.90. The third-order valence-corrected chi connectivity index (χ3v) is 3.11. The number of nitrogens with zero attached hydrogens (tertiary/aromatic N) is 4. The summed E-state index contributed by atoms with van der Waals surface area (Å²) in [6.07, 6.45) is 7.98. The van der Waals surface area contributed by atoms with Crippen LogP contribution >= 0.6 is 0 Å². The number of rotatable bonds is 4. The molecule has 0 radical (unpaired) electrons. The van der Waals surface area contributed by atoms with Gasteiger partial charge in [-0.05, 0) is 13.0 Å². The number of hydrogen-bond acceptors (Lipinski definition) is 4. The van der Waals surface area contributed by atoms with Crippen molar-refractivity contribution in [2.75, 3.05) is 37.6 Å². The van der Waals surface area contributed by atoms with Crippen molar-refractivity contribution in [3.8, 4) is 0 Å². The van der Waals surface area contributed by atoms with Crippen LogP contribution in [0.5, 0.6) is 0 Å². The van der Waals surface area contributed by atoms with Crippen LogP contribution in [-0.2, 0) is 0 Å². The zero-order chi connectivity index (χ0) is 11.2. The van der Waals surface area contributed by atoms with Crippen LogP contribution in [0.3, 0.4) is 0 Å². The molecule has 4 heteroatoms. The van der Waals surface area contributed by atoms with E-state index in [9.17, 15) is 0 Å². The Balaban J connectivity index is 1.81. The Morgan fingerprint density at radius 2 is 1.81 bits per heavy atom. The minimum absolute atomic E-state index is 1.09. The van der Waals surface area contributed by atoms with Gasteiger partial charge in [-0.2, -0.15) is 0 Å². The van der Waals surface area contributed by atoms with Crippen molar-refractivity contribution < 1.29 is 0 Å². The van der Waals surface area contributed by atoms with E-state index in [0.29, 0.717) is 0 Å². The molecular weight excluding hydrogens is 200 g/mol. The minimum Gasteiger partial charge on any atom is -0.366 e. The smallest absolute Gasteiger partial charge is 0.115 e. The van der Waals surface area contributed by atoms with E-state index >= 15 is 0 Å². The molecule has 0 amide bonds. The predicted molar refractivity (Wildman–Crippen MR) is 65.6 cm³/mol. The fourth-order valence-corrected chi connectivity index (χ4v) is 2.07. The molecule has 0 unspecified atom stereocenters. The molecule has 4 nitrogen and oxygen atoms in total. The molecule has 1 aliphatic heterocycles. The Hall–Kier alpha value is -1.16. The summed E-state index contributed by atoms with van der Waals surface area (Å²) in [5.41, 5.74) is 1.15. The normalized spacial score (nSPS) is 17.7. The van der Waals surface area contributed by atoms with Gasteiger partial charge in [-0.15, -0.1) is 0 Å². The van der Waals surface area contributed by atoms with Gasteiger partial charge in [0.15, 0.2) is 0 Å². The predicted octanol–water partition coefficient (Wildman–Crippen LogP) is 1.40. The Bertz CT molecular complexity index is 293. The Morgan fingerprint density at radius 3 is 2.44 bits per heavy atom. The van der Waals surface area contributed by atoms with Gasteiger partial charge in [0.1, 0.15) is 6.33 Å². The topological polar surface area (TPSA) is 32.3 Å². The summed E-state index contributed by atoms with van der Waals surface area (Å²) in [5.74, 6) is 0. The molecular formula is C12H20N4. The summed E-state index contributed by atoms with van der Waals surface area (Å²) in [6.45, 7) is 8.01. The van der Waals surface area contributed by atoms with Gasteiger partial charge in [-0.3, -0.25) is 4.90 Å². The van der Waals surface area contributed by atoms with Gasteiger partial charge in [0, 0.05) is 26.2 Å². The van der Waals surface area contributed by atoms with Crippen LogP contribution < -0.4 is 4.90 Å². The SMILES string of the molecule is CCCCN1CCN(c2cncnc2)CC1. The highest BCUT2D eigenvalue weighted by molar-refractivity contribution is 5.41. The molecule has 0 N–H and O–H groups in total. The zero-order valence-electron chi connectivity index (χ0n) is 9.97. The number of unbranched alkanes of at least 4 members (excludes halogenated alkanes) is 1. The summed E-state index contributed by atoms with van der Waals surface area (Å²) < 4.78 is 0. The van der Waals surface area contributed by atoms with Crippen LogP contribution in [0.2, 0.25) is 0 Å². The van der Waals surface area contributed by atoms with Gasteiger partial charge in [0.2, 0.25) is 0 Å². The molecule has 0 spiro atoms. The molecule has 16 heavy (non-hydrogen) atoms. The highest BCUT2D eigenvalue weighted by Gasteiger charge is 2.16. The summed E-state index contributed by atoms with van der Waals surface area (Å²) in [6, 6.07) is 0. The van der Waals surface area contributed by atoms with Crippen molar-refractivity contribution in [3.05, 3.63) is 18.7 Å². The number of anilines is 1. The molecule has 2 heterocycles. The standard InChI is InChI=1S/C12H20N4/c1-2-3-4-15-5-7-16(8-6-15)12-9-13-11-14-10-12/h9-11H,2-8H2,1H3. The molecule has 1 aromatic heterocycles. The second-order valence-corrected chi connectivity index (χ2v) is 4.28. The lowest BCUT2D eigenvalue weighted by Crippen LogP contribution is -2.46. The molecule has 1 fully saturated rings. The molecule has 0 bridgehead atoms. The largest absolute Gasteiger partial charge is 0.366 e. The second-order valence-electron chi connectivity index (χ2n) is 4.28. The van der Waals surface area contributed by atoms with Crippen molar-refractivity contribution in [2.45, 2.75) is 19.8 Å². The highest BCUT2D eigenvalue weighted by atomic mass is 15.3. The van der Waals surface area contributed by atoms with Gasteiger partial charge in [-0.25, -0.2) is 9.97 Å². The summed E-state index contributed by atoms with van der Waals surface area (Å²) >= 11 is 0. The van der Waals surface area contributed by atoms with E-state index in [4.69, 9.17) is 0 Å². The van der Waals surface area contributed by atoms with E-state index < -0.39 is 0 Å². The third kappa shape index (κ3) is 2.92. The molecule has 1 aromatic rings. The van der Waals surface area contributed by atoms with Crippen LogP contribution in [0.25, 0.3) is 0 Å². The molecule has 0 aliphatic carbocycles. The lowest BCUT2D eigenvalue weighted by Gasteiger charge is -2.35. The Morgan fingerprint density at radius 1 is 1.12 bits per heavy atom. The lowest BCUT2D eigenvalue weighted by molar-refractivity contribution is 0.254. The zero-order valence-corrected chi connectivity index (χ0v) is 9.97. The Kier molecular flexibility index (Phi) is 4.10. The lowest BCUT2D eigenvalue weighted by atomic mass is 10.2. The van der Waals surface area contributed by atoms with Crippen LogP contribution in [0.1, 0.15) is 19.8 Å². The van der Waals surface area contributed by atoms with E-state index in [2.05, 4.69) is 26.7 Å². The quantitative estimate of drug-likeness (QED) is 0.767. The molecule has 1 saturated heterocycles. The first-order valence-corrected chi connectivity index (χ1v) is 6.12. The molecule has 2 rings (SSSR count). The first-order valence-electron chi connectivity index (χ1n) is 6.12. The van der Waals surface area contributed by atoms with E-state index in [1.807, 2.05) is 12.4 Å². The monoisotopic (exact) mass is 220 g/mol. The number of hydrogen-bond donors (Lipinski definition) is 0. The fraction of sp³-hybridized carbons (Fsp3) is 0.667. The molecule has 0 saturated carbocycles. The maximum Gasteiger partial charge on any atom is 0.115 e.